The van der Waals surface area contributed by atoms with Crippen LogP contribution in [0.2, 0.25) is 0 Å². The number of aliphatic carboxylic acids is 1. The average Bonchev–Trinajstić information content (AvgIpc) is 2.67. The summed E-state index contributed by atoms with van der Waals surface area (Å²) in [5, 5.41) is 12.8. The molecule has 4 nitrogen and oxygen atoms in total. The monoisotopic (exact) mass is 219 g/mol. The highest BCUT2D eigenvalue weighted by Gasteiger charge is 2.04. The van der Waals surface area contributed by atoms with Crippen LogP contribution in [0.25, 0.3) is 10.7 Å². The first-order valence-electron chi connectivity index (χ1n) is 4.31. The van der Waals surface area contributed by atoms with Crippen LogP contribution in [0.1, 0.15) is 5.69 Å². The van der Waals surface area contributed by atoms with Crippen molar-refractivity contribution in [1.82, 2.24) is 9.97 Å². The summed E-state index contributed by atoms with van der Waals surface area (Å²) >= 11 is 1.38. The lowest BCUT2D eigenvalue weighted by atomic mass is 10.3. The lowest BCUT2D eigenvalue weighted by molar-refractivity contribution is -0.304. The third-order valence-corrected chi connectivity index (χ3v) is 2.67. The molecule has 0 amide bonds. The zero-order valence-corrected chi connectivity index (χ0v) is 8.53. The van der Waals surface area contributed by atoms with Gasteiger partial charge < -0.3 is 9.90 Å². The Kier molecular flexibility index (Phi) is 2.73. The first kappa shape index (κ1) is 9.79. The Morgan fingerprint density at radius 2 is 2.33 bits per heavy atom. The number of hydrogen-bond acceptors (Lipinski definition) is 5. The highest BCUT2D eigenvalue weighted by molar-refractivity contribution is 7.13. The molecule has 0 aliphatic rings. The van der Waals surface area contributed by atoms with Gasteiger partial charge in [-0.15, -0.1) is 11.3 Å². The summed E-state index contributed by atoms with van der Waals surface area (Å²) in [5.41, 5.74) is 1.27. The van der Waals surface area contributed by atoms with E-state index in [1.807, 2.05) is 18.2 Å². The number of carboxylic acid groups (broad SMARTS) is 1. The van der Waals surface area contributed by atoms with Gasteiger partial charge in [0, 0.05) is 24.0 Å². The molecule has 0 spiro atoms. The van der Waals surface area contributed by atoms with Crippen molar-refractivity contribution in [2.24, 2.45) is 0 Å². The van der Waals surface area contributed by atoms with Crippen LogP contribution >= 0.6 is 11.3 Å². The van der Waals surface area contributed by atoms with Gasteiger partial charge >= 0.3 is 0 Å². The van der Waals surface area contributed by atoms with Gasteiger partial charge in [0.25, 0.3) is 0 Å². The number of aromatic nitrogens is 2. The maximum Gasteiger partial charge on any atom is 0.142 e. The minimum atomic E-state index is -1.12. The lowest BCUT2D eigenvalue weighted by Gasteiger charge is -1.96. The number of hydrogen-bond donors (Lipinski definition) is 0. The van der Waals surface area contributed by atoms with Gasteiger partial charge in [0.2, 0.25) is 0 Å². The molecule has 0 unspecified atom stereocenters. The largest absolute Gasteiger partial charge is 0.550 e. The topological polar surface area (TPSA) is 65.9 Å². The third kappa shape index (κ3) is 2.38. The van der Waals surface area contributed by atoms with Gasteiger partial charge in [-0.1, -0.05) is 6.07 Å². The first-order valence-corrected chi connectivity index (χ1v) is 5.19. The molecule has 0 atom stereocenters. The SMILES string of the molecule is O=C([O-])Cc1csc(-c2ccccn2)n1. The Labute approximate surface area is 90.3 Å². The molecule has 0 aliphatic heterocycles. The summed E-state index contributed by atoms with van der Waals surface area (Å²) < 4.78 is 0. The van der Waals surface area contributed by atoms with E-state index in [9.17, 15) is 9.90 Å². The lowest BCUT2D eigenvalue weighted by Crippen LogP contribution is -2.24. The molecule has 2 aromatic heterocycles. The molecule has 0 radical (unpaired) electrons. The van der Waals surface area contributed by atoms with Gasteiger partial charge in [0.1, 0.15) is 5.01 Å². The maximum atomic E-state index is 10.4. The summed E-state index contributed by atoms with van der Waals surface area (Å²) in [4.78, 5) is 18.6. The molecule has 2 heterocycles. The fourth-order valence-electron chi connectivity index (χ4n) is 1.14. The van der Waals surface area contributed by atoms with E-state index in [0.29, 0.717) is 5.69 Å². The van der Waals surface area contributed by atoms with Gasteiger partial charge in [-0.2, -0.15) is 0 Å². The van der Waals surface area contributed by atoms with Gasteiger partial charge in [-0.25, -0.2) is 4.98 Å². The summed E-state index contributed by atoms with van der Waals surface area (Å²) in [6.07, 6.45) is 1.53. The van der Waals surface area contributed by atoms with Crippen LogP contribution in [-0.2, 0) is 11.2 Å². The van der Waals surface area contributed by atoms with Crippen LogP contribution in [-0.4, -0.2) is 15.9 Å². The zero-order valence-electron chi connectivity index (χ0n) is 7.71. The molecule has 2 aromatic rings. The fourth-order valence-corrected chi connectivity index (χ4v) is 1.94. The van der Waals surface area contributed by atoms with Gasteiger partial charge in [-0.3, -0.25) is 4.98 Å². The van der Waals surface area contributed by atoms with Crippen molar-refractivity contribution >= 4 is 17.3 Å². The van der Waals surface area contributed by atoms with Crippen LogP contribution in [0.3, 0.4) is 0 Å². The molecular formula is C10H7N2O2S-. The molecule has 0 saturated carbocycles. The number of rotatable bonds is 3. The zero-order chi connectivity index (χ0) is 10.7. The van der Waals surface area contributed by atoms with E-state index in [1.54, 1.807) is 11.6 Å². The highest BCUT2D eigenvalue weighted by atomic mass is 32.1. The highest BCUT2D eigenvalue weighted by Crippen LogP contribution is 2.21. The van der Waals surface area contributed by atoms with Crippen molar-refractivity contribution in [3.63, 3.8) is 0 Å². The second kappa shape index (κ2) is 4.18. The van der Waals surface area contributed by atoms with E-state index in [-0.39, 0.29) is 6.42 Å². The molecule has 76 valence electrons. The number of pyridine rings is 1. The van der Waals surface area contributed by atoms with Gasteiger partial charge in [0.15, 0.2) is 0 Å². The third-order valence-electron chi connectivity index (χ3n) is 1.76. The van der Waals surface area contributed by atoms with Crippen molar-refractivity contribution in [1.29, 1.82) is 0 Å². The normalized spacial score (nSPS) is 10.1. The molecule has 0 fully saturated rings. The van der Waals surface area contributed by atoms with E-state index >= 15 is 0 Å². The molecule has 2 rings (SSSR count). The summed E-state index contributed by atoms with van der Waals surface area (Å²) in [6.45, 7) is 0. The minimum Gasteiger partial charge on any atom is -0.550 e. The quantitative estimate of drug-likeness (QED) is 0.753. The number of carbonyl (C=O) groups excluding carboxylic acids is 1. The maximum absolute atomic E-state index is 10.4. The van der Waals surface area contributed by atoms with Crippen molar-refractivity contribution in [3.05, 3.63) is 35.5 Å². The van der Waals surface area contributed by atoms with Crippen LogP contribution in [0, 0.1) is 0 Å². The minimum absolute atomic E-state index is 0.149. The molecule has 5 heteroatoms. The number of thiazole rings is 1. The number of nitrogens with zero attached hydrogens (tertiary/aromatic N) is 2. The van der Waals surface area contributed by atoms with Crippen LogP contribution in [0.15, 0.2) is 29.8 Å². The summed E-state index contributed by atoms with van der Waals surface area (Å²) in [5.74, 6) is -1.12. The van der Waals surface area contributed by atoms with E-state index in [4.69, 9.17) is 0 Å². The van der Waals surface area contributed by atoms with E-state index in [2.05, 4.69) is 9.97 Å². The first-order chi connectivity index (χ1) is 7.25. The van der Waals surface area contributed by atoms with Crippen LogP contribution in [0.4, 0.5) is 0 Å². The second-order valence-electron chi connectivity index (χ2n) is 2.91. The van der Waals surface area contributed by atoms with E-state index < -0.39 is 5.97 Å². The molecule has 0 N–H and O–H groups in total. The van der Waals surface area contributed by atoms with Gasteiger partial charge in [0.05, 0.1) is 11.4 Å². The van der Waals surface area contributed by atoms with Crippen molar-refractivity contribution in [2.45, 2.75) is 6.42 Å². The molecular weight excluding hydrogens is 212 g/mol. The van der Waals surface area contributed by atoms with E-state index in [0.717, 1.165) is 10.7 Å². The van der Waals surface area contributed by atoms with E-state index in [1.165, 1.54) is 11.3 Å². The second-order valence-corrected chi connectivity index (χ2v) is 3.77. The molecule has 0 bridgehead atoms. The Morgan fingerprint density at radius 3 is 3.00 bits per heavy atom. The van der Waals surface area contributed by atoms with Crippen molar-refractivity contribution < 1.29 is 9.90 Å². The van der Waals surface area contributed by atoms with Crippen molar-refractivity contribution in [3.8, 4) is 10.7 Å². The average molecular weight is 219 g/mol. The smallest absolute Gasteiger partial charge is 0.142 e. The summed E-state index contributed by atoms with van der Waals surface area (Å²) in [7, 11) is 0. The van der Waals surface area contributed by atoms with Gasteiger partial charge in [-0.05, 0) is 12.1 Å². The Bertz CT molecular complexity index is 467. The Hall–Kier alpha value is -1.75. The number of carbonyl (C=O) groups is 1. The van der Waals surface area contributed by atoms with Crippen LogP contribution < -0.4 is 5.11 Å². The number of carboxylic acids is 1. The molecule has 15 heavy (non-hydrogen) atoms. The Morgan fingerprint density at radius 1 is 1.47 bits per heavy atom. The van der Waals surface area contributed by atoms with Crippen LogP contribution in [0.5, 0.6) is 0 Å². The molecule has 0 aliphatic carbocycles. The molecule has 0 saturated heterocycles. The standard InChI is InChI=1S/C10H8N2O2S/c13-9(14)5-7-6-15-10(12-7)8-3-1-2-4-11-8/h1-4,6H,5H2,(H,13,14)/p-1. The Balaban J connectivity index is 2.24. The predicted molar refractivity (Wildman–Crippen MR) is 54.1 cm³/mol. The summed E-state index contributed by atoms with van der Waals surface area (Å²) in [6, 6.07) is 5.52. The predicted octanol–water partition coefficient (Wildman–Crippen LogP) is 0.497. The van der Waals surface area contributed by atoms with Crippen molar-refractivity contribution in [2.75, 3.05) is 0 Å². The fraction of sp³-hybridized carbons (Fsp3) is 0.100. The molecule has 0 aromatic carbocycles.